The van der Waals surface area contributed by atoms with Crippen LogP contribution >= 0.6 is 22.9 Å². The molecule has 1 N–H and O–H groups in total. The van der Waals surface area contributed by atoms with E-state index in [1.54, 1.807) is 40.0 Å². The predicted molar refractivity (Wildman–Crippen MR) is 140 cm³/mol. The Balaban J connectivity index is 1.54. The number of carbonyl (C=O) groups excluding carboxylic acids is 2. The fourth-order valence-electron chi connectivity index (χ4n) is 4.33. The summed E-state index contributed by atoms with van der Waals surface area (Å²) in [5.41, 5.74) is 3.55. The number of fused-ring (bicyclic) bond motifs is 1. The second-order valence-electron chi connectivity index (χ2n) is 9.07. The molecule has 0 unspecified atom stereocenters. The van der Waals surface area contributed by atoms with Crippen LogP contribution in [-0.2, 0) is 17.9 Å². The minimum Gasteiger partial charge on any atom is -0.350 e. The first-order valence-electron chi connectivity index (χ1n) is 11.3. The summed E-state index contributed by atoms with van der Waals surface area (Å²) in [6.07, 6.45) is 0. The summed E-state index contributed by atoms with van der Waals surface area (Å²) in [5, 5.41) is 10.2. The highest BCUT2D eigenvalue weighted by Gasteiger charge is 2.49. The Hall–Kier alpha value is -3.42. The lowest BCUT2D eigenvalue weighted by molar-refractivity contribution is -0.126. The highest BCUT2D eigenvalue weighted by molar-refractivity contribution is 7.13. The van der Waals surface area contributed by atoms with E-state index in [9.17, 15) is 9.59 Å². The molecule has 0 bridgehead atoms. The third-order valence-electron chi connectivity index (χ3n) is 6.40. The molecule has 178 valence electrons. The van der Waals surface area contributed by atoms with Crippen LogP contribution in [0, 0.1) is 13.8 Å². The molecule has 2 amide bonds. The van der Waals surface area contributed by atoms with Gasteiger partial charge in [0.2, 0.25) is 5.91 Å². The monoisotopic (exact) mass is 504 g/mol. The Morgan fingerprint density at radius 1 is 1.14 bits per heavy atom. The zero-order valence-electron chi connectivity index (χ0n) is 19.7. The number of anilines is 1. The van der Waals surface area contributed by atoms with Crippen molar-refractivity contribution in [2.45, 2.75) is 39.4 Å². The summed E-state index contributed by atoms with van der Waals surface area (Å²) in [7, 11) is 0. The number of rotatable bonds is 5. The summed E-state index contributed by atoms with van der Waals surface area (Å²) < 4.78 is 1.65. The Bertz CT molecular complexity index is 1410. The van der Waals surface area contributed by atoms with E-state index in [-0.39, 0.29) is 18.4 Å². The molecule has 1 aliphatic heterocycles. The fraction of sp³-hybridized carbons (Fsp3) is 0.222. The number of aryl methyl sites for hydroxylation is 2. The highest BCUT2D eigenvalue weighted by atomic mass is 35.5. The number of hydrogen-bond donors (Lipinski definition) is 1. The minimum absolute atomic E-state index is 0.213. The van der Waals surface area contributed by atoms with Crippen LogP contribution in [0.25, 0.3) is 10.6 Å². The standard InChI is InChI=1S/C27H25ClN4O2S/c1-17-6-9-19(10-7-17)15-29-26(34)27(3)16-31-23(14-22(30-31)24-5-4-12-35-24)25(33)32(27)20-11-8-18(2)21(28)13-20/h4-14H,15-16H2,1-3H3,(H,29,34)/t27-/m1/s1. The maximum atomic E-state index is 13.9. The zero-order chi connectivity index (χ0) is 24.7. The Kier molecular flexibility index (Phi) is 5.99. The Morgan fingerprint density at radius 3 is 2.60 bits per heavy atom. The number of nitrogens with zero attached hydrogens (tertiary/aromatic N) is 3. The molecule has 0 saturated carbocycles. The molecule has 2 aromatic heterocycles. The largest absolute Gasteiger partial charge is 0.350 e. The maximum Gasteiger partial charge on any atom is 0.277 e. The highest BCUT2D eigenvalue weighted by Crippen LogP contribution is 2.36. The molecule has 0 saturated heterocycles. The Morgan fingerprint density at radius 2 is 1.91 bits per heavy atom. The van der Waals surface area contributed by atoms with Crippen molar-refractivity contribution in [3.63, 3.8) is 0 Å². The number of thiophene rings is 1. The number of hydrogen-bond acceptors (Lipinski definition) is 4. The van der Waals surface area contributed by atoms with E-state index in [2.05, 4.69) is 10.4 Å². The van der Waals surface area contributed by atoms with Gasteiger partial charge in [-0.3, -0.25) is 19.2 Å². The molecule has 35 heavy (non-hydrogen) atoms. The fourth-order valence-corrected chi connectivity index (χ4v) is 5.19. The average molecular weight is 505 g/mol. The van der Waals surface area contributed by atoms with Gasteiger partial charge in [0.15, 0.2) is 0 Å². The molecule has 1 aliphatic rings. The van der Waals surface area contributed by atoms with Crippen LogP contribution in [-0.4, -0.2) is 27.1 Å². The van der Waals surface area contributed by atoms with Crippen LogP contribution in [0.5, 0.6) is 0 Å². The van der Waals surface area contributed by atoms with Crippen molar-refractivity contribution in [2.75, 3.05) is 4.90 Å². The molecule has 0 aliphatic carbocycles. The van der Waals surface area contributed by atoms with E-state index >= 15 is 0 Å². The first kappa shape index (κ1) is 23.3. The molecule has 1 atom stereocenters. The van der Waals surface area contributed by atoms with Gasteiger partial charge in [0.05, 0.1) is 11.4 Å². The second-order valence-corrected chi connectivity index (χ2v) is 10.4. The van der Waals surface area contributed by atoms with Gasteiger partial charge < -0.3 is 5.32 Å². The van der Waals surface area contributed by atoms with Gasteiger partial charge in [0, 0.05) is 17.3 Å². The lowest BCUT2D eigenvalue weighted by atomic mass is 9.93. The van der Waals surface area contributed by atoms with Gasteiger partial charge >= 0.3 is 0 Å². The van der Waals surface area contributed by atoms with Gasteiger partial charge in [0.25, 0.3) is 5.91 Å². The summed E-state index contributed by atoms with van der Waals surface area (Å²) in [4.78, 5) is 30.1. The van der Waals surface area contributed by atoms with Crippen LogP contribution in [0.2, 0.25) is 5.02 Å². The van der Waals surface area contributed by atoms with E-state index in [4.69, 9.17) is 11.6 Å². The van der Waals surface area contributed by atoms with Gasteiger partial charge in [-0.25, -0.2) is 0 Å². The number of amides is 2. The van der Waals surface area contributed by atoms with Crippen LogP contribution in [0.15, 0.2) is 66.0 Å². The first-order valence-corrected chi connectivity index (χ1v) is 12.6. The SMILES string of the molecule is Cc1ccc(CNC(=O)[C@@]2(C)Cn3nc(-c4cccs4)cc3C(=O)N2c2ccc(C)c(Cl)c2)cc1. The van der Waals surface area contributed by atoms with Crippen molar-refractivity contribution < 1.29 is 9.59 Å². The maximum absolute atomic E-state index is 13.9. The van der Waals surface area contributed by atoms with Crippen molar-refractivity contribution in [3.8, 4) is 10.6 Å². The zero-order valence-corrected chi connectivity index (χ0v) is 21.3. The van der Waals surface area contributed by atoms with E-state index in [1.807, 2.05) is 67.8 Å². The van der Waals surface area contributed by atoms with Crippen molar-refractivity contribution in [1.82, 2.24) is 15.1 Å². The molecule has 8 heteroatoms. The predicted octanol–water partition coefficient (Wildman–Crippen LogP) is 5.62. The summed E-state index contributed by atoms with van der Waals surface area (Å²) in [6, 6.07) is 19.1. The third-order valence-corrected chi connectivity index (χ3v) is 7.70. The second kappa shape index (κ2) is 8.98. The average Bonchev–Trinajstić information content (AvgIpc) is 3.51. The number of nitrogens with one attached hydrogen (secondary N) is 1. The molecule has 0 fully saturated rings. The van der Waals surface area contributed by atoms with Crippen molar-refractivity contribution in [1.29, 1.82) is 0 Å². The lowest BCUT2D eigenvalue weighted by Gasteiger charge is -2.43. The van der Waals surface area contributed by atoms with Crippen molar-refractivity contribution in [2.24, 2.45) is 0 Å². The van der Waals surface area contributed by atoms with E-state index in [0.717, 1.165) is 27.3 Å². The number of aromatic nitrogens is 2. The van der Waals surface area contributed by atoms with E-state index in [0.29, 0.717) is 22.9 Å². The van der Waals surface area contributed by atoms with Gasteiger partial charge in [-0.2, -0.15) is 5.10 Å². The number of benzene rings is 2. The quantitative estimate of drug-likeness (QED) is 0.383. The Labute approximate surface area is 213 Å². The van der Waals surface area contributed by atoms with E-state index in [1.165, 1.54) is 0 Å². The van der Waals surface area contributed by atoms with Crippen LogP contribution < -0.4 is 10.2 Å². The molecule has 5 rings (SSSR count). The van der Waals surface area contributed by atoms with Crippen molar-refractivity contribution in [3.05, 3.63) is 93.5 Å². The molecule has 2 aromatic carbocycles. The molecular formula is C27H25ClN4O2S. The normalized spacial score (nSPS) is 17.4. The number of halogens is 1. The molecular weight excluding hydrogens is 480 g/mol. The van der Waals surface area contributed by atoms with Gasteiger partial charge in [-0.05, 0) is 61.5 Å². The number of carbonyl (C=O) groups is 2. The molecule has 0 spiro atoms. The van der Waals surface area contributed by atoms with Gasteiger partial charge in [0.1, 0.15) is 16.9 Å². The molecule has 0 radical (unpaired) electrons. The third kappa shape index (κ3) is 4.26. The minimum atomic E-state index is -1.22. The van der Waals surface area contributed by atoms with Crippen LogP contribution in [0.4, 0.5) is 5.69 Å². The molecule has 4 aromatic rings. The lowest BCUT2D eigenvalue weighted by Crippen LogP contribution is -2.64. The molecule has 3 heterocycles. The topological polar surface area (TPSA) is 67.2 Å². The summed E-state index contributed by atoms with van der Waals surface area (Å²) in [5.74, 6) is -0.554. The summed E-state index contributed by atoms with van der Waals surface area (Å²) >= 11 is 7.98. The van der Waals surface area contributed by atoms with E-state index < -0.39 is 5.54 Å². The van der Waals surface area contributed by atoms with Crippen LogP contribution in [0.3, 0.4) is 0 Å². The summed E-state index contributed by atoms with van der Waals surface area (Å²) in [6.45, 7) is 6.27. The van der Waals surface area contributed by atoms with Gasteiger partial charge in [-0.1, -0.05) is 53.6 Å². The van der Waals surface area contributed by atoms with Gasteiger partial charge in [-0.15, -0.1) is 11.3 Å². The van der Waals surface area contributed by atoms with Crippen LogP contribution in [0.1, 0.15) is 34.1 Å². The first-order chi connectivity index (χ1) is 16.8. The smallest absolute Gasteiger partial charge is 0.277 e. The molecule has 6 nitrogen and oxygen atoms in total. The van der Waals surface area contributed by atoms with Crippen molar-refractivity contribution >= 4 is 40.4 Å².